The molecule has 1 aromatic carbocycles. The number of Topliss-reactive ketones (excluding diaryl/α,β-unsaturated/α-hetero) is 1. The number of halogens is 5. The largest absolute Gasteiger partial charge is 0.573 e. The van der Waals surface area contributed by atoms with Gasteiger partial charge < -0.3 is 4.74 Å². The highest BCUT2D eigenvalue weighted by molar-refractivity contribution is 14.1. The first-order chi connectivity index (χ1) is 7.20. The highest BCUT2D eigenvalue weighted by Crippen LogP contribution is 2.33. The molecule has 0 fully saturated rings. The maximum Gasteiger partial charge on any atom is 0.573 e. The zero-order chi connectivity index (χ0) is 12.5. The lowest BCUT2D eigenvalue weighted by Gasteiger charge is -2.11. The fourth-order valence-corrected chi connectivity index (χ4v) is 2.02. The zero-order valence-corrected chi connectivity index (χ0v) is 10.8. The van der Waals surface area contributed by atoms with E-state index in [0.29, 0.717) is 3.57 Å². The predicted octanol–water partition coefficient (Wildman–Crippen LogP) is 4.05. The monoisotopic (exact) mass is 364 g/mol. The lowest BCUT2D eigenvalue weighted by Crippen LogP contribution is -2.17. The van der Waals surface area contributed by atoms with E-state index in [2.05, 4.69) is 4.74 Å². The topological polar surface area (TPSA) is 26.3 Å². The number of benzene rings is 1. The van der Waals surface area contributed by atoms with Crippen molar-refractivity contribution in [3.8, 4) is 5.75 Å². The Morgan fingerprint density at radius 3 is 2.44 bits per heavy atom. The third-order valence-corrected chi connectivity index (χ3v) is 2.81. The second-order valence-electron chi connectivity index (χ2n) is 2.87. The van der Waals surface area contributed by atoms with Crippen LogP contribution in [0.3, 0.4) is 0 Å². The quantitative estimate of drug-likeness (QED) is 0.585. The van der Waals surface area contributed by atoms with Crippen molar-refractivity contribution in [2.24, 2.45) is 0 Å². The molecule has 16 heavy (non-hydrogen) atoms. The zero-order valence-electron chi connectivity index (χ0n) is 7.86. The molecule has 0 spiro atoms. The second kappa shape index (κ2) is 4.79. The van der Waals surface area contributed by atoms with Crippen molar-refractivity contribution in [2.75, 3.05) is 0 Å². The molecule has 0 aliphatic rings. The van der Waals surface area contributed by atoms with Crippen molar-refractivity contribution in [3.05, 3.63) is 26.3 Å². The van der Waals surface area contributed by atoms with Crippen molar-refractivity contribution < 1.29 is 22.7 Å². The Labute approximate surface area is 108 Å². The minimum absolute atomic E-state index is 0.247. The molecular formula is C9H5ClF3IO2. The first-order valence-electron chi connectivity index (χ1n) is 3.96. The van der Waals surface area contributed by atoms with E-state index in [1.54, 1.807) is 22.6 Å². The average molecular weight is 364 g/mol. The number of rotatable bonds is 2. The molecule has 1 rings (SSSR count). The van der Waals surface area contributed by atoms with E-state index in [0.717, 1.165) is 12.1 Å². The van der Waals surface area contributed by atoms with Crippen LogP contribution in [0.4, 0.5) is 13.2 Å². The number of alkyl halides is 3. The SMILES string of the molecule is CC(=O)c1cc(Cl)c(OC(F)(F)F)cc1I. The van der Waals surface area contributed by atoms with Gasteiger partial charge in [0.15, 0.2) is 5.78 Å². The molecule has 0 N–H and O–H groups in total. The molecule has 0 atom stereocenters. The number of carbonyl (C=O) groups is 1. The highest BCUT2D eigenvalue weighted by Gasteiger charge is 2.32. The van der Waals surface area contributed by atoms with Gasteiger partial charge in [0.25, 0.3) is 0 Å². The Kier molecular flexibility index (Phi) is 4.06. The molecular weight excluding hydrogens is 359 g/mol. The lowest BCUT2D eigenvalue weighted by molar-refractivity contribution is -0.274. The van der Waals surface area contributed by atoms with Crippen molar-refractivity contribution in [1.82, 2.24) is 0 Å². The molecule has 7 heteroatoms. The third kappa shape index (κ3) is 3.51. The van der Waals surface area contributed by atoms with Gasteiger partial charge in [-0.3, -0.25) is 4.79 Å². The Bertz CT molecular complexity index is 431. The summed E-state index contributed by atoms with van der Waals surface area (Å²) in [4.78, 5) is 11.1. The van der Waals surface area contributed by atoms with Crippen LogP contribution in [0.1, 0.15) is 17.3 Å². The summed E-state index contributed by atoms with van der Waals surface area (Å²) >= 11 is 7.31. The molecule has 0 amide bonds. The Hall–Kier alpha value is -0.500. The molecule has 0 heterocycles. The lowest BCUT2D eigenvalue weighted by atomic mass is 10.1. The molecule has 0 saturated heterocycles. The predicted molar refractivity (Wildman–Crippen MR) is 60.9 cm³/mol. The van der Waals surface area contributed by atoms with E-state index < -0.39 is 12.1 Å². The van der Waals surface area contributed by atoms with Gasteiger partial charge in [-0.1, -0.05) is 11.6 Å². The van der Waals surface area contributed by atoms with Crippen molar-refractivity contribution in [1.29, 1.82) is 0 Å². The summed E-state index contributed by atoms with van der Waals surface area (Å²) in [5.41, 5.74) is 0.264. The van der Waals surface area contributed by atoms with Crippen LogP contribution < -0.4 is 4.74 Å². The summed E-state index contributed by atoms with van der Waals surface area (Å²) in [6.07, 6.45) is -4.80. The molecule has 0 bridgehead atoms. The van der Waals surface area contributed by atoms with Gasteiger partial charge in [0.1, 0.15) is 5.75 Å². The molecule has 0 saturated carbocycles. The molecule has 0 unspecified atom stereocenters. The standard InChI is InChI=1S/C9H5ClF3IO2/c1-4(15)5-2-6(10)8(3-7(5)14)16-9(11,12)13/h2-3H,1H3. The number of carbonyl (C=O) groups excluding carboxylic acids is 1. The van der Waals surface area contributed by atoms with Gasteiger partial charge in [0.2, 0.25) is 0 Å². The Morgan fingerprint density at radius 1 is 1.44 bits per heavy atom. The minimum Gasteiger partial charge on any atom is -0.404 e. The molecule has 2 nitrogen and oxygen atoms in total. The minimum atomic E-state index is -4.80. The summed E-state index contributed by atoms with van der Waals surface area (Å²) < 4.78 is 39.9. The van der Waals surface area contributed by atoms with E-state index >= 15 is 0 Å². The number of hydrogen-bond donors (Lipinski definition) is 0. The fourth-order valence-electron chi connectivity index (χ4n) is 1.00. The van der Waals surface area contributed by atoms with E-state index in [1.807, 2.05) is 0 Å². The van der Waals surface area contributed by atoms with Gasteiger partial charge in [-0.25, -0.2) is 0 Å². The van der Waals surface area contributed by atoms with E-state index in [4.69, 9.17) is 11.6 Å². The summed E-state index contributed by atoms with van der Waals surface area (Å²) in [7, 11) is 0. The van der Waals surface area contributed by atoms with Gasteiger partial charge >= 0.3 is 6.36 Å². The van der Waals surface area contributed by atoms with E-state index in [9.17, 15) is 18.0 Å². The molecule has 1 aromatic rings. The molecule has 0 aliphatic carbocycles. The van der Waals surface area contributed by atoms with E-state index in [-0.39, 0.29) is 16.4 Å². The number of ether oxygens (including phenoxy) is 1. The highest BCUT2D eigenvalue weighted by atomic mass is 127. The fraction of sp³-hybridized carbons (Fsp3) is 0.222. The first kappa shape index (κ1) is 13.6. The molecule has 0 aliphatic heterocycles. The maximum atomic E-state index is 12.0. The number of ketones is 1. The molecule has 0 radical (unpaired) electrons. The van der Waals surface area contributed by atoms with Crippen LogP contribution in [-0.2, 0) is 0 Å². The van der Waals surface area contributed by atoms with Gasteiger partial charge in [-0.15, -0.1) is 13.2 Å². The van der Waals surface area contributed by atoms with Crippen LogP contribution in [-0.4, -0.2) is 12.1 Å². The average Bonchev–Trinajstić information content (AvgIpc) is 2.07. The third-order valence-electron chi connectivity index (χ3n) is 1.63. The maximum absolute atomic E-state index is 12.0. The molecule has 88 valence electrons. The van der Waals surface area contributed by atoms with E-state index in [1.165, 1.54) is 6.92 Å². The summed E-state index contributed by atoms with van der Waals surface area (Å²) in [5.74, 6) is -0.784. The van der Waals surface area contributed by atoms with Gasteiger partial charge in [-0.05, 0) is 41.6 Å². The summed E-state index contributed by atoms with van der Waals surface area (Å²) in [6.45, 7) is 1.30. The van der Waals surface area contributed by atoms with Crippen molar-refractivity contribution in [3.63, 3.8) is 0 Å². The van der Waals surface area contributed by atoms with Crippen LogP contribution in [0.25, 0.3) is 0 Å². The van der Waals surface area contributed by atoms with Crippen molar-refractivity contribution >= 4 is 40.0 Å². The smallest absolute Gasteiger partial charge is 0.404 e. The van der Waals surface area contributed by atoms with Gasteiger partial charge in [-0.2, -0.15) is 0 Å². The van der Waals surface area contributed by atoms with Crippen LogP contribution in [0.2, 0.25) is 5.02 Å². The summed E-state index contributed by atoms with van der Waals surface area (Å²) in [6, 6.07) is 2.24. The van der Waals surface area contributed by atoms with Gasteiger partial charge in [0.05, 0.1) is 5.02 Å². The van der Waals surface area contributed by atoms with Crippen molar-refractivity contribution in [2.45, 2.75) is 13.3 Å². The number of hydrogen-bond acceptors (Lipinski definition) is 2. The van der Waals surface area contributed by atoms with Gasteiger partial charge in [0, 0.05) is 9.13 Å². The second-order valence-corrected chi connectivity index (χ2v) is 4.44. The van der Waals surface area contributed by atoms with Crippen LogP contribution >= 0.6 is 34.2 Å². The molecule has 0 aromatic heterocycles. The Morgan fingerprint density at radius 2 is 2.00 bits per heavy atom. The first-order valence-corrected chi connectivity index (χ1v) is 5.42. The summed E-state index contributed by atoms with van der Waals surface area (Å²) in [5, 5.41) is -0.247. The normalized spacial score (nSPS) is 11.4. The van der Waals surface area contributed by atoms with Crippen LogP contribution in [0, 0.1) is 3.57 Å². The van der Waals surface area contributed by atoms with Crippen LogP contribution in [0.5, 0.6) is 5.75 Å². The van der Waals surface area contributed by atoms with Crippen LogP contribution in [0.15, 0.2) is 12.1 Å². The Balaban J connectivity index is 3.16.